The fourth-order valence-corrected chi connectivity index (χ4v) is 3.61. The zero-order valence-electron chi connectivity index (χ0n) is 14.1. The molecule has 0 amide bonds. The molecule has 0 radical (unpaired) electrons. The predicted molar refractivity (Wildman–Crippen MR) is 85.5 cm³/mol. The summed E-state index contributed by atoms with van der Waals surface area (Å²) in [7, 11) is 0. The monoisotopic (exact) mass is 329 g/mol. The largest absolute Gasteiger partial charge is 0.416 e. The van der Waals surface area contributed by atoms with Gasteiger partial charge in [-0.3, -0.25) is 0 Å². The smallest absolute Gasteiger partial charge is 0.376 e. The first-order chi connectivity index (χ1) is 10.7. The summed E-state index contributed by atoms with van der Waals surface area (Å²) in [6.45, 7) is 8.30. The topological polar surface area (TPSA) is 21.3 Å². The van der Waals surface area contributed by atoms with Crippen molar-refractivity contribution in [3.05, 3.63) is 35.4 Å². The van der Waals surface area contributed by atoms with Crippen molar-refractivity contribution in [1.82, 2.24) is 5.32 Å². The van der Waals surface area contributed by atoms with Gasteiger partial charge in [0, 0.05) is 12.0 Å². The van der Waals surface area contributed by atoms with E-state index in [2.05, 4.69) is 5.32 Å². The number of hydrogen-bond donors (Lipinski definition) is 1. The fraction of sp³-hybridized carbons (Fsp3) is 0.667. The average Bonchev–Trinajstić information content (AvgIpc) is 2.46. The van der Waals surface area contributed by atoms with Crippen LogP contribution in [0.3, 0.4) is 0 Å². The molecule has 5 heteroatoms. The third-order valence-corrected chi connectivity index (χ3v) is 4.67. The van der Waals surface area contributed by atoms with Gasteiger partial charge in [0.05, 0.1) is 11.2 Å². The number of nitrogens with one attached hydrogen (secondary N) is 1. The lowest BCUT2D eigenvalue weighted by Crippen LogP contribution is -2.45. The number of hydrogen-bond acceptors (Lipinski definition) is 2. The molecule has 0 bridgehead atoms. The standard InChI is InChI=1S/C18H26F3NO/c1-4-22-10-8-17(9-11-23-16(2,3)13-17)14-6-5-7-15(12-14)18(19,20)21/h5-7,12,22H,4,8-11,13H2,1-3H3/t17-/m0/s1. The zero-order chi connectivity index (χ0) is 17.1. The van der Waals surface area contributed by atoms with Crippen LogP contribution in [0.2, 0.25) is 0 Å². The number of rotatable bonds is 5. The van der Waals surface area contributed by atoms with Crippen LogP contribution in [-0.2, 0) is 16.3 Å². The van der Waals surface area contributed by atoms with Gasteiger partial charge in [-0.15, -0.1) is 0 Å². The molecule has 0 saturated carbocycles. The van der Waals surface area contributed by atoms with Gasteiger partial charge in [-0.1, -0.05) is 25.1 Å². The van der Waals surface area contributed by atoms with Crippen molar-refractivity contribution in [2.24, 2.45) is 0 Å². The molecule has 2 rings (SSSR count). The van der Waals surface area contributed by atoms with Crippen molar-refractivity contribution in [1.29, 1.82) is 0 Å². The van der Waals surface area contributed by atoms with E-state index in [1.54, 1.807) is 0 Å². The minimum atomic E-state index is -4.31. The van der Waals surface area contributed by atoms with E-state index >= 15 is 0 Å². The van der Waals surface area contributed by atoms with Gasteiger partial charge in [0.2, 0.25) is 0 Å². The predicted octanol–water partition coefficient (Wildman–Crippen LogP) is 4.53. The maximum absolute atomic E-state index is 13.1. The summed E-state index contributed by atoms with van der Waals surface area (Å²) < 4.78 is 45.0. The first-order valence-corrected chi connectivity index (χ1v) is 8.21. The van der Waals surface area contributed by atoms with Crippen molar-refractivity contribution < 1.29 is 17.9 Å². The third-order valence-electron chi connectivity index (χ3n) is 4.67. The second-order valence-corrected chi connectivity index (χ2v) is 7.00. The van der Waals surface area contributed by atoms with E-state index in [1.165, 1.54) is 12.1 Å². The van der Waals surface area contributed by atoms with Crippen LogP contribution in [-0.4, -0.2) is 25.3 Å². The number of alkyl halides is 3. The quantitative estimate of drug-likeness (QED) is 0.801. The van der Waals surface area contributed by atoms with Crippen LogP contribution in [0.25, 0.3) is 0 Å². The number of ether oxygens (including phenoxy) is 1. The van der Waals surface area contributed by atoms with E-state index in [4.69, 9.17) is 4.74 Å². The van der Waals surface area contributed by atoms with Gasteiger partial charge in [-0.2, -0.15) is 13.2 Å². The number of benzene rings is 1. The molecule has 23 heavy (non-hydrogen) atoms. The van der Waals surface area contributed by atoms with Crippen molar-refractivity contribution in [2.45, 2.75) is 57.2 Å². The molecule has 130 valence electrons. The van der Waals surface area contributed by atoms with E-state index in [9.17, 15) is 13.2 Å². The maximum Gasteiger partial charge on any atom is 0.416 e. The molecule has 1 atom stereocenters. The van der Waals surface area contributed by atoms with Crippen LogP contribution in [0.1, 0.15) is 51.2 Å². The molecule has 0 spiro atoms. The maximum atomic E-state index is 13.1. The van der Waals surface area contributed by atoms with E-state index in [-0.39, 0.29) is 11.0 Å². The Kier molecular flexibility index (Phi) is 5.41. The molecule has 1 aliphatic rings. The molecular weight excluding hydrogens is 303 g/mol. The molecule has 0 aromatic heterocycles. The van der Waals surface area contributed by atoms with Gasteiger partial charge in [-0.25, -0.2) is 0 Å². The molecular formula is C18H26F3NO. The number of halogens is 3. The van der Waals surface area contributed by atoms with E-state index < -0.39 is 11.7 Å². The molecule has 1 fully saturated rings. The van der Waals surface area contributed by atoms with Crippen LogP contribution in [0.15, 0.2) is 24.3 Å². The summed E-state index contributed by atoms with van der Waals surface area (Å²) in [6.07, 6.45) is -2.01. The highest BCUT2D eigenvalue weighted by molar-refractivity contribution is 5.33. The van der Waals surface area contributed by atoms with Crippen LogP contribution >= 0.6 is 0 Å². The van der Waals surface area contributed by atoms with Crippen LogP contribution in [0, 0.1) is 0 Å². The second kappa shape index (κ2) is 6.81. The van der Waals surface area contributed by atoms with Gasteiger partial charge < -0.3 is 10.1 Å². The SMILES string of the molecule is CCNCC[C@]1(c2cccc(C(F)(F)F)c2)CCOC(C)(C)C1. The first-order valence-electron chi connectivity index (χ1n) is 8.21. The molecule has 0 unspecified atom stereocenters. The molecule has 1 N–H and O–H groups in total. The summed E-state index contributed by atoms with van der Waals surface area (Å²) in [5, 5.41) is 3.30. The summed E-state index contributed by atoms with van der Waals surface area (Å²) >= 11 is 0. The first kappa shape index (κ1) is 18.3. The van der Waals surface area contributed by atoms with Crippen LogP contribution < -0.4 is 5.32 Å². The summed E-state index contributed by atoms with van der Waals surface area (Å²) in [4.78, 5) is 0. The minimum Gasteiger partial charge on any atom is -0.376 e. The summed E-state index contributed by atoms with van der Waals surface area (Å²) in [5.41, 5.74) is -0.382. The highest BCUT2D eigenvalue weighted by atomic mass is 19.4. The Hall–Kier alpha value is -1.07. The van der Waals surface area contributed by atoms with E-state index in [0.717, 1.165) is 44.0 Å². The molecule has 2 nitrogen and oxygen atoms in total. The van der Waals surface area contributed by atoms with E-state index in [0.29, 0.717) is 6.61 Å². The Bertz CT molecular complexity index is 527. The average molecular weight is 329 g/mol. The van der Waals surface area contributed by atoms with Gasteiger partial charge in [0.1, 0.15) is 0 Å². The molecule has 1 aliphatic heterocycles. The fourth-order valence-electron chi connectivity index (χ4n) is 3.61. The molecule has 0 aliphatic carbocycles. The Morgan fingerprint density at radius 2 is 2.00 bits per heavy atom. The second-order valence-electron chi connectivity index (χ2n) is 7.00. The molecule has 1 aromatic carbocycles. The Morgan fingerprint density at radius 1 is 1.26 bits per heavy atom. The summed E-state index contributed by atoms with van der Waals surface area (Å²) in [6, 6.07) is 5.83. The van der Waals surface area contributed by atoms with Crippen LogP contribution in [0.4, 0.5) is 13.2 Å². The lowest BCUT2D eigenvalue weighted by molar-refractivity contribution is -0.137. The molecule has 1 heterocycles. The van der Waals surface area contributed by atoms with Gasteiger partial charge >= 0.3 is 6.18 Å². The lowest BCUT2D eigenvalue weighted by atomic mass is 9.67. The Labute approximate surface area is 136 Å². The molecule has 1 saturated heterocycles. The molecule has 1 aromatic rings. The highest BCUT2D eigenvalue weighted by Gasteiger charge is 2.42. The van der Waals surface area contributed by atoms with Gasteiger partial charge in [0.15, 0.2) is 0 Å². The van der Waals surface area contributed by atoms with Gasteiger partial charge in [-0.05, 0) is 57.8 Å². The van der Waals surface area contributed by atoms with Crippen molar-refractivity contribution in [3.8, 4) is 0 Å². The Balaban J connectivity index is 2.37. The zero-order valence-corrected chi connectivity index (χ0v) is 14.1. The highest BCUT2D eigenvalue weighted by Crippen LogP contribution is 2.45. The summed E-state index contributed by atoms with van der Waals surface area (Å²) in [5.74, 6) is 0. The van der Waals surface area contributed by atoms with E-state index in [1.807, 2.05) is 26.8 Å². The lowest BCUT2D eigenvalue weighted by Gasteiger charge is -2.45. The minimum absolute atomic E-state index is 0.273. The normalized spacial score (nSPS) is 24.6. The van der Waals surface area contributed by atoms with Crippen molar-refractivity contribution in [3.63, 3.8) is 0 Å². The van der Waals surface area contributed by atoms with Crippen molar-refractivity contribution >= 4 is 0 Å². The van der Waals surface area contributed by atoms with Crippen LogP contribution in [0.5, 0.6) is 0 Å². The Morgan fingerprint density at radius 3 is 2.61 bits per heavy atom. The third kappa shape index (κ3) is 4.48. The van der Waals surface area contributed by atoms with Gasteiger partial charge in [0.25, 0.3) is 0 Å². The van der Waals surface area contributed by atoms with Crippen molar-refractivity contribution in [2.75, 3.05) is 19.7 Å².